The molecule has 0 amide bonds. The second-order valence-electron chi connectivity index (χ2n) is 12.5. The molecule has 0 heterocycles. The molecule has 0 fully saturated rings. The molecule has 0 aliphatic heterocycles. The first kappa shape index (κ1) is 25.4. The third-order valence-electron chi connectivity index (χ3n) is 10.2. The standard InChI is InChI=1S/C45H29N/c1-2-13-32(14-3-1)46(33-24-26-36-31(28-33)23-22-30-12-4-5-15-35(30)36)34-25-27-40-39-18-8-11-21-43(39)45(44(40)29-34)41-19-9-6-16-37(41)38-17-7-10-20-42(38)45/h1-29H. The Hall–Kier alpha value is -5.92. The van der Waals surface area contributed by atoms with Crippen LogP contribution < -0.4 is 4.90 Å². The van der Waals surface area contributed by atoms with Crippen LogP contribution in [0.3, 0.4) is 0 Å². The Morgan fingerprint density at radius 2 is 0.804 bits per heavy atom. The van der Waals surface area contributed by atoms with Gasteiger partial charge in [0, 0.05) is 17.1 Å². The van der Waals surface area contributed by atoms with E-state index in [-0.39, 0.29) is 5.41 Å². The number of nitrogens with zero attached hydrogens (tertiary/aromatic N) is 1. The van der Waals surface area contributed by atoms with E-state index in [1.165, 1.54) is 66.1 Å². The van der Waals surface area contributed by atoms with E-state index in [1.807, 2.05) is 0 Å². The van der Waals surface area contributed by atoms with E-state index in [2.05, 4.69) is 181 Å². The van der Waals surface area contributed by atoms with Crippen molar-refractivity contribution < 1.29 is 0 Å². The van der Waals surface area contributed by atoms with Crippen LogP contribution in [0.5, 0.6) is 0 Å². The first-order valence-electron chi connectivity index (χ1n) is 16.0. The van der Waals surface area contributed by atoms with Crippen LogP contribution in [-0.2, 0) is 5.41 Å². The number of fused-ring (bicyclic) bond motifs is 13. The fraction of sp³-hybridized carbons (Fsp3) is 0.0222. The molecule has 0 N–H and O–H groups in total. The van der Waals surface area contributed by atoms with Crippen molar-refractivity contribution in [3.8, 4) is 22.3 Å². The summed E-state index contributed by atoms with van der Waals surface area (Å²) in [6.07, 6.45) is 0. The summed E-state index contributed by atoms with van der Waals surface area (Å²) in [5.74, 6) is 0. The van der Waals surface area contributed by atoms with Crippen LogP contribution >= 0.6 is 0 Å². The molecule has 1 spiro atoms. The van der Waals surface area contributed by atoms with Crippen molar-refractivity contribution in [1.82, 2.24) is 0 Å². The van der Waals surface area contributed by atoms with Gasteiger partial charge < -0.3 is 4.90 Å². The van der Waals surface area contributed by atoms with E-state index in [4.69, 9.17) is 0 Å². The van der Waals surface area contributed by atoms with Gasteiger partial charge in [-0.2, -0.15) is 0 Å². The van der Waals surface area contributed by atoms with Gasteiger partial charge in [0.2, 0.25) is 0 Å². The van der Waals surface area contributed by atoms with Gasteiger partial charge in [0.1, 0.15) is 0 Å². The van der Waals surface area contributed by atoms with Crippen LogP contribution in [0.2, 0.25) is 0 Å². The van der Waals surface area contributed by atoms with Crippen molar-refractivity contribution in [3.05, 3.63) is 198 Å². The largest absolute Gasteiger partial charge is 0.310 e. The van der Waals surface area contributed by atoms with Gasteiger partial charge in [-0.05, 0) is 102 Å². The quantitative estimate of drug-likeness (QED) is 0.187. The lowest BCUT2D eigenvalue weighted by atomic mass is 9.70. The number of hydrogen-bond donors (Lipinski definition) is 0. The summed E-state index contributed by atoms with van der Waals surface area (Å²) >= 11 is 0. The molecule has 8 aromatic carbocycles. The van der Waals surface area contributed by atoms with Gasteiger partial charge in [0.25, 0.3) is 0 Å². The summed E-state index contributed by atoms with van der Waals surface area (Å²) in [5.41, 5.74) is 13.8. The zero-order chi connectivity index (χ0) is 30.2. The molecule has 0 aromatic heterocycles. The van der Waals surface area contributed by atoms with Gasteiger partial charge in [-0.3, -0.25) is 0 Å². The number of para-hydroxylation sites is 1. The molecule has 1 heteroatoms. The van der Waals surface area contributed by atoms with E-state index >= 15 is 0 Å². The molecule has 10 rings (SSSR count). The Bertz CT molecular complexity index is 2430. The highest BCUT2D eigenvalue weighted by Gasteiger charge is 2.51. The molecule has 1 nitrogen and oxygen atoms in total. The monoisotopic (exact) mass is 583 g/mol. The average Bonchev–Trinajstić information content (AvgIpc) is 3.59. The van der Waals surface area contributed by atoms with Crippen LogP contribution in [0.25, 0.3) is 43.8 Å². The number of benzene rings is 8. The van der Waals surface area contributed by atoms with E-state index in [9.17, 15) is 0 Å². The topological polar surface area (TPSA) is 3.24 Å². The second kappa shape index (κ2) is 9.54. The Balaban J connectivity index is 1.24. The third kappa shape index (κ3) is 3.35. The minimum Gasteiger partial charge on any atom is -0.310 e. The minimum absolute atomic E-state index is 0.375. The number of rotatable bonds is 3. The predicted molar refractivity (Wildman–Crippen MR) is 192 cm³/mol. The normalized spacial score (nSPS) is 13.4. The molecular weight excluding hydrogens is 555 g/mol. The maximum absolute atomic E-state index is 2.46. The molecule has 46 heavy (non-hydrogen) atoms. The zero-order valence-electron chi connectivity index (χ0n) is 25.2. The van der Waals surface area contributed by atoms with Gasteiger partial charge in [0.05, 0.1) is 5.41 Å². The third-order valence-corrected chi connectivity index (χ3v) is 10.2. The first-order chi connectivity index (χ1) is 22.8. The highest BCUT2D eigenvalue weighted by atomic mass is 15.1. The second-order valence-corrected chi connectivity index (χ2v) is 12.5. The fourth-order valence-corrected chi connectivity index (χ4v) is 8.39. The average molecular weight is 584 g/mol. The van der Waals surface area contributed by atoms with Gasteiger partial charge in [-0.25, -0.2) is 0 Å². The smallest absolute Gasteiger partial charge is 0.0726 e. The van der Waals surface area contributed by atoms with E-state index < -0.39 is 0 Å². The Morgan fingerprint density at radius 3 is 1.50 bits per heavy atom. The molecule has 0 bridgehead atoms. The number of hydrogen-bond acceptors (Lipinski definition) is 1. The summed E-state index contributed by atoms with van der Waals surface area (Å²) in [7, 11) is 0. The van der Waals surface area contributed by atoms with Crippen molar-refractivity contribution in [2.75, 3.05) is 4.90 Å². The Morgan fingerprint density at radius 1 is 0.304 bits per heavy atom. The van der Waals surface area contributed by atoms with Crippen molar-refractivity contribution in [2.45, 2.75) is 5.41 Å². The van der Waals surface area contributed by atoms with Crippen molar-refractivity contribution >= 4 is 38.6 Å². The molecule has 214 valence electrons. The summed E-state index contributed by atoms with van der Waals surface area (Å²) in [6, 6.07) is 65.0. The first-order valence-corrected chi connectivity index (χ1v) is 16.0. The molecule has 2 aliphatic carbocycles. The van der Waals surface area contributed by atoms with Crippen LogP contribution in [-0.4, -0.2) is 0 Å². The van der Waals surface area contributed by atoms with E-state index in [0.717, 1.165) is 17.1 Å². The van der Waals surface area contributed by atoms with Gasteiger partial charge in [-0.15, -0.1) is 0 Å². The predicted octanol–water partition coefficient (Wildman–Crippen LogP) is 11.8. The molecule has 0 unspecified atom stereocenters. The molecule has 2 aliphatic rings. The molecule has 8 aromatic rings. The maximum atomic E-state index is 2.46. The molecule has 0 saturated heterocycles. The lowest BCUT2D eigenvalue weighted by molar-refractivity contribution is 0.793. The maximum Gasteiger partial charge on any atom is 0.0726 e. The summed E-state index contributed by atoms with van der Waals surface area (Å²) < 4.78 is 0. The van der Waals surface area contributed by atoms with E-state index in [1.54, 1.807) is 0 Å². The molecular formula is C45H29N. The van der Waals surface area contributed by atoms with Gasteiger partial charge in [0.15, 0.2) is 0 Å². The Kier molecular flexibility index (Phi) is 5.27. The van der Waals surface area contributed by atoms with Crippen LogP contribution in [0.4, 0.5) is 17.1 Å². The Labute approximate surface area is 268 Å². The van der Waals surface area contributed by atoms with Crippen molar-refractivity contribution in [2.24, 2.45) is 0 Å². The van der Waals surface area contributed by atoms with E-state index in [0.29, 0.717) is 0 Å². The summed E-state index contributed by atoms with van der Waals surface area (Å²) in [6.45, 7) is 0. The lowest BCUT2D eigenvalue weighted by Crippen LogP contribution is -2.26. The van der Waals surface area contributed by atoms with Crippen LogP contribution in [0.1, 0.15) is 22.3 Å². The molecule has 0 atom stereocenters. The van der Waals surface area contributed by atoms with Gasteiger partial charge >= 0.3 is 0 Å². The fourth-order valence-electron chi connectivity index (χ4n) is 8.39. The highest BCUT2D eigenvalue weighted by molar-refractivity contribution is 6.08. The van der Waals surface area contributed by atoms with Crippen LogP contribution in [0.15, 0.2) is 176 Å². The highest BCUT2D eigenvalue weighted by Crippen LogP contribution is 2.63. The lowest BCUT2D eigenvalue weighted by Gasteiger charge is -2.32. The van der Waals surface area contributed by atoms with Crippen LogP contribution in [0, 0.1) is 0 Å². The SMILES string of the molecule is c1ccc(N(c2ccc3c(c2)C2(c4ccccc4-c4ccccc42)c2ccccc2-3)c2ccc3c(ccc4ccccc43)c2)cc1. The van der Waals surface area contributed by atoms with Gasteiger partial charge in [-0.1, -0.05) is 140 Å². The summed E-state index contributed by atoms with van der Waals surface area (Å²) in [4.78, 5) is 2.42. The van der Waals surface area contributed by atoms with Crippen molar-refractivity contribution in [3.63, 3.8) is 0 Å². The molecule has 0 saturated carbocycles. The van der Waals surface area contributed by atoms with Crippen molar-refractivity contribution in [1.29, 1.82) is 0 Å². The summed E-state index contributed by atoms with van der Waals surface area (Å²) in [5, 5.41) is 5.06. The molecule has 0 radical (unpaired) electrons. The zero-order valence-corrected chi connectivity index (χ0v) is 25.2. The number of anilines is 3. The minimum atomic E-state index is -0.375.